The molecule has 2 aromatic rings. The van der Waals surface area contributed by atoms with Gasteiger partial charge < -0.3 is 24.8 Å². The number of fused-ring (bicyclic) bond motifs is 1. The first kappa shape index (κ1) is 25.3. The van der Waals surface area contributed by atoms with Crippen LogP contribution in [0.1, 0.15) is 23.7 Å². The number of nitrogens with one attached hydrogen (secondary N) is 2. The molecular formula is C23H29N3O7S. The van der Waals surface area contributed by atoms with Gasteiger partial charge in [0.05, 0.1) is 22.7 Å². The van der Waals surface area contributed by atoms with Crippen LogP contribution in [-0.2, 0) is 19.6 Å². The van der Waals surface area contributed by atoms with E-state index in [4.69, 9.17) is 14.2 Å². The molecule has 0 saturated carbocycles. The average molecular weight is 492 g/mol. The van der Waals surface area contributed by atoms with E-state index in [0.29, 0.717) is 44.3 Å². The largest absolute Gasteiger partial charge is 0.486 e. The lowest BCUT2D eigenvalue weighted by Gasteiger charge is -2.26. The zero-order valence-corrected chi connectivity index (χ0v) is 20.0. The summed E-state index contributed by atoms with van der Waals surface area (Å²) in [5, 5.41) is 5.44. The summed E-state index contributed by atoms with van der Waals surface area (Å²) in [5.41, 5.74) is 0.843. The quantitative estimate of drug-likeness (QED) is 0.461. The van der Waals surface area contributed by atoms with Gasteiger partial charge in [-0.15, -0.1) is 0 Å². The van der Waals surface area contributed by atoms with Crippen molar-refractivity contribution < 1.29 is 32.2 Å². The fourth-order valence-corrected chi connectivity index (χ4v) is 4.38. The molecule has 3 rings (SSSR count). The minimum Gasteiger partial charge on any atom is -0.486 e. The Hall–Kier alpha value is -3.31. The molecule has 0 aliphatic carbocycles. The minimum atomic E-state index is -3.79. The number of rotatable bonds is 11. The van der Waals surface area contributed by atoms with Crippen molar-refractivity contribution in [1.82, 2.24) is 5.32 Å². The Kier molecular flexibility index (Phi) is 8.72. The minimum absolute atomic E-state index is 0.199. The van der Waals surface area contributed by atoms with Crippen LogP contribution in [-0.4, -0.2) is 66.0 Å². The van der Waals surface area contributed by atoms with Crippen LogP contribution in [0.25, 0.3) is 0 Å². The van der Waals surface area contributed by atoms with Crippen molar-refractivity contribution in [3.63, 3.8) is 0 Å². The molecule has 0 atom stereocenters. The van der Waals surface area contributed by atoms with Crippen molar-refractivity contribution in [2.45, 2.75) is 13.3 Å². The van der Waals surface area contributed by atoms with Crippen molar-refractivity contribution in [3.8, 4) is 11.5 Å². The number of carbonyl (C=O) groups excluding carboxylic acids is 2. The molecule has 0 radical (unpaired) electrons. The maximum absolute atomic E-state index is 12.9. The second kappa shape index (κ2) is 11.7. The van der Waals surface area contributed by atoms with Gasteiger partial charge in [-0.1, -0.05) is 12.1 Å². The number of benzene rings is 2. The molecule has 0 fully saturated rings. The highest BCUT2D eigenvalue weighted by atomic mass is 32.2. The molecule has 0 spiro atoms. The van der Waals surface area contributed by atoms with Crippen molar-refractivity contribution >= 4 is 33.2 Å². The highest BCUT2D eigenvalue weighted by Crippen LogP contribution is 2.34. The van der Waals surface area contributed by atoms with Crippen LogP contribution in [0.5, 0.6) is 11.5 Å². The molecule has 2 amide bonds. The van der Waals surface area contributed by atoms with Crippen LogP contribution >= 0.6 is 0 Å². The zero-order chi connectivity index (χ0) is 24.6. The number of para-hydroxylation sites is 1. The fraction of sp³-hybridized carbons (Fsp3) is 0.391. The van der Waals surface area contributed by atoms with Gasteiger partial charge in [-0.2, -0.15) is 0 Å². The van der Waals surface area contributed by atoms with E-state index >= 15 is 0 Å². The maximum Gasteiger partial charge on any atom is 0.253 e. The van der Waals surface area contributed by atoms with Gasteiger partial charge in [0.25, 0.3) is 5.91 Å². The molecule has 1 aliphatic rings. The number of amides is 2. The van der Waals surface area contributed by atoms with Gasteiger partial charge in [0, 0.05) is 26.3 Å². The molecule has 1 aliphatic heterocycles. The first-order chi connectivity index (χ1) is 16.4. The number of hydrogen-bond donors (Lipinski definition) is 2. The number of hydrogen-bond acceptors (Lipinski definition) is 7. The van der Waals surface area contributed by atoms with E-state index in [1.807, 2.05) is 0 Å². The van der Waals surface area contributed by atoms with E-state index in [9.17, 15) is 18.0 Å². The van der Waals surface area contributed by atoms with Crippen molar-refractivity contribution in [2.75, 3.05) is 55.4 Å². The van der Waals surface area contributed by atoms with E-state index in [0.717, 1.165) is 4.31 Å². The Labute approximate surface area is 199 Å². The molecule has 11 heteroatoms. The normalized spacial score (nSPS) is 12.6. The van der Waals surface area contributed by atoms with Crippen LogP contribution in [0.15, 0.2) is 42.5 Å². The Balaban J connectivity index is 1.77. The molecule has 0 unspecified atom stereocenters. The fourth-order valence-electron chi connectivity index (χ4n) is 3.32. The number of anilines is 2. The van der Waals surface area contributed by atoms with Gasteiger partial charge in [-0.25, -0.2) is 8.42 Å². The third-order valence-corrected chi connectivity index (χ3v) is 6.80. The lowest BCUT2D eigenvalue weighted by molar-refractivity contribution is -0.114. The van der Waals surface area contributed by atoms with E-state index in [2.05, 4.69) is 10.6 Å². The first-order valence-electron chi connectivity index (χ1n) is 10.9. The third kappa shape index (κ3) is 6.39. The molecule has 0 aromatic heterocycles. The lowest BCUT2D eigenvalue weighted by Crippen LogP contribution is -2.39. The van der Waals surface area contributed by atoms with Crippen LogP contribution in [0.3, 0.4) is 0 Å². The predicted molar refractivity (Wildman–Crippen MR) is 128 cm³/mol. The van der Waals surface area contributed by atoms with Crippen molar-refractivity contribution in [3.05, 3.63) is 48.0 Å². The van der Waals surface area contributed by atoms with Gasteiger partial charge in [-0.05, 0) is 37.6 Å². The van der Waals surface area contributed by atoms with Crippen LogP contribution in [0.2, 0.25) is 0 Å². The molecule has 2 N–H and O–H groups in total. The number of methoxy groups -OCH3 is 1. The molecule has 0 saturated heterocycles. The van der Waals surface area contributed by atoms with Crippen LogP contribution in [0, 0.1) is 0 Å². The second-order valence-corrected chi connectivity index (χ2v) is 9.61. The number of ether oxygens (including phenoxy) is 3. The van der Waals surface area contributed by atoms with Gasteiger partial charge in [-0.3, -0.25) is 13.9 Å². The van der Waals surface area contributed by atoms with Gasteiger partial charge in [0.1, 0.15) is 19.8 Å². The van der Waals surface area contributed by atoms with E-state index in [-0.39, 0.29) is 28.6 Å². The number of carbonyl (C=O) groups is 2. The van der Waals surface area contributed by atoms with Gasteiger partial charge in [0.2, 0.25) is 15.9 Å². The number of nitrogens with zero attached hydrogens (tertiary/aromatic N) is 1. The monoisotopic (exact) mass is 491 g/mol. The summed E-state index contributed by atoms with van der Waals surface area (Å²) in [5.74, 6) is -0.215. The Morgan fingerprint density at radius 1 is 1.09 bits per heavy atom. The smallest absolute Gasteiger partial charge is 0.253 e. The van der Waals surface area contributed by atoms with Crippen LogP contribution < -0.4 is 24.4 Å². The molecule has 1 heterocycles. The van der Waals surface area contributed by atoms with Gasteiger partial charge >= 0.3 is 0 Å². The predicted octanol–water partition coefficient (Wildman–Crippen LogP) is 2.02. The standard InChI is InChI=1S/C23H29N3O7S/c1-3-34(29,30)26(17-9-10-20-21(15-17)33-14-13-32-20)16-22(27)25-19-8-5-4-7-18(19)23(28)24-11-6-12-31-2/h4-5,7-10,15H,3,6,11-14,16H2,1-2H3,(H,24,28)(H,25,27). The maximum atomic E-state index is 12.9. The average Bonchev–Trinajstić information content (AvgIpc) is 2.85. The number of sulfonamides is 1. The molecule has 184 valence electrons. The van der Waals surface area contributed by atoms with E-state index < -0.39 is 22.5 Å². The summed E-state index contributed by atoms with van der Waals surface area (Å²) in [6, 6.07) is 11.3. The van der Waals surface area contributed by atoms with Crippen molar-refractivity contribution in [1.29, 1.82) is 0 Å². The zero-order valence-electron chi connectivity index (χ0n) is 19.2. The molecule has 2 aromatic carbocycles. The lowest BCUT2D eigenvalue weighted by atomic mass is 10.1. The highest BCUT2D eigenvalue weighted by Gasteiger charge is 2.26. The first-order valence-corrected chi connectivity index (χ1v) is 12.5. The summed E-state index contributed by atoms with van der Waals surface area (Å²) >= 11 is 0. The van der Waals surface area contributed by atoms with E-state index in [1.54, 1.807) is 43.5 Å². The topological polar surface area (TPSA) is 123 Å². The molecular weight excluding hydrogens is 462 g/mol. The SMILES string of the molecule is CCS(=O)(=O)N(CC(=O)Nc1ccccc1C(=O)NCCCOC)c1ccc2c(c1)OCCO2. The second-order valence-electron chi connectivity index (χ2n) is 7.43. The summed E-state index contributed by atoms with van der Waals surface area (Å²) < 4.78 is 42.6. The Bertz CT molecular complexity index is 1120. The molecule has 10 nitrogen and oxygen atoms in total. The Morgan fingerprint density at radius 3 is 2.56 bits per heavy atom. The highest BCUT2D eigenvalue weighted by molar-refractivity contribution is 7.92. The van der Waals surface area contributed by atoms with Crippen molar-refractivity contribution in [2.24, 2.45) is 0 Å². The summed E-state index contributed by atoms with van der Waals surface area (Å²) in [6.45, 7) is 2.72. The summed E-state index contributed by atoms with van der Waals surface area (Å²) in [6.07, 6.45) is 0.649. The van der Waals surface area contributed by atoms with Crippen LogP contribution in [0.4, 0.5) is 11.4 Å². The molecule has 34 heavy (non-hydrogen) atoms. The Morgan fingerprint density at radius 2 is 1.82 bits per heavy atom. The summed E-state index contributed by atoms with van der Waals surface area (Å²) in [7, 11) is -2.20. The summed E-state index contributed by atoms with van der Waals surface area (Å²) in [4.78, 5) is 25.5. The van der Waals surface area contributed by atoms with Gasteiger partial charge in [0.15, 0.2) is 11.5 Å². The molecule has 0 bridgehead atoms. The third-order valence-electron chi connectivity index (χ3n) is 5.06. The van der Waals surface area contributed by atoms with E-state index in [1.165, 1.54) is 13.0 Å².